The summed E-state index contributed by atoms with van der Waals surface area (Å²) in [5.74, 6) is 0.783. The van der Waals surface area contributed by atoms with E-state index in [1.165, 1.54) is 0 Å². The number of sulfone groups is 1. The van der Waals surface area contributed by atoms with Gasteiger partial charge >= 0.3 is 0 Å². The largest absolute Gasteiger partial charge is 0.387 e. The highest BCUT2D eigenvalue weighted by Gasteiger charge is 2.24. The van der Waals surface area contributed by atoms with Crippen molar-refractivity contribution in [3.8, 4) is 0 Å². The predicted octanol–water partition coefficient (Wildman–Crippen LogP) is 0.459. The van der Waals surface area contributed by atoms with Crippen LogP contribution in [0.1, 0.15) is 26.7 Å². The molecule has 0 unspecified atom stereocenters. The summed E-state index contributed by atoms with van der Waals surface area (Å²) < 4.78 is 22.5. The minimum atomic E-state index is -2.78. The van der Waals surface area contributed by atoms with Crippen LogP contribution in [0.5, 0.6) is 0 Å². The average molecular weight is 261 g/mol. The summed E-state index contributed by atoms with van der Waals surface area (Å²) in [5.41, 5.74) is 5.27. The van der Waals surface area contributed by atoms with E-state index in [9.17, 15) is 8.42 Å². The average Bonchev–Trinajstić information content (AvgIpc) is 2.20. The summed E-state index contributed by atoms with van der Waals surface area (Å²) in [5, 5.41) is 7.46. The first-order valence-electron chi connectivity index (χ1n) is 6.00. The standard InChI is InChI=1S/C11H23N3O2S/c1-11(2,10(12)13)4-3-5-14-6-8-17(15,16)9-7-14/h3-9H2,1-2H3,(H3,12,13). The second-order valence-electron chi connectivity index (χ2n) is 5.39. The van der Waals surface area contributed by atoms with Crippen LogP contribution in [0.4, 0.5) is 0 Å². The highest BCUT2D eigenvalue weighted by molar-refractivity contribution is 7.91. The molecule has 0 radical (unpaired) electrons. The molecule has 0 aliphatic carbocycles. The Balaban J connectivity index is 2.27. The van der Waals surface area contributed by atoms with Gasteiger partial charge in [-0.15, -0.1) is 0 Å². The van der Waals surface area contributed by atoms with Gasteiger partial charge in [-0.05, 0) is 19.4 Å². The smallest absolute Gasteiger partial charge is 0.152 e. The molecule has 0 bridgehead atoms. The maximum Gasteiger partial charge on any atom is 0.152 e. The summed E-state index contributed by atoms with van der Waals surface area (Å²) in [7, 11) is -2.78. The highest BCUT2D eigenvalue weighted by atomic mass is 32.2. The maximum absolute atomic E-state index is 11.2. The van der Waals surface area contributed by atoms with Gasteiger partial charge < -0.3 is 10.6 Å². The van der Waals surface area contributed by atoms with Gasteiger partial charge in [-0.25, -0.2) is 8.42 Å². The van der Waals surface area contributed by atoms with Gasteiger partial charge in [-0.2, -0.15) is 0 Å². The zero-order valence-electron chi connectivity index (χ0n) is 10.7. The van der Waals surface area contributed by atoms with E-state index in [1.807, 2.05) is 13.8 Å². The summed E-state index contributed by atoms with van der Waals surface area (Å²) >= 11 is 0. The Morgan fingerprint density at radius 3 is 2.35 bits per heavy atom. The molecule has 3 N–H and O–H groups in total. The van der Waals surface area contributed by atoms with Crippen molar-refractivity contribution >= 4 is 15.7 Å². The first-order chi connectivity index (χ1) is 7.73. The molecule has 0 spiro atoms. The Labute approximate surface area is 104 Å². The fourth-order valence-corrected chi connectivity index (χ4v) is 3.13. The molecule has 100 valence electrons. The lowest BCUT2D eigenvalue weighted by atomic mass is 9.86. The minimum absolute atomic E-state index is 0.221. The van der Waals surface area contributed by atoms with Crippen LogP contribution in [0.15, 0.2) is 0 Å². The van der Waals surface area contributed by atoms with Crippen molar-refractivity contribution < 1.29 is 8.42 Å². The number of nitrogens with one attached hydrogen (secondary N) is 1. The molecule has 1 aliphatic heterocycles. The Kier molecular flexibility index (Phi) is 4.55. The van der Waals surface area contributed by atoms with Crippen LogP contribution < -0.4 is 5.73 Å². The van der Waals surface area contributed by atoms with Crippen LogP contribution in [-0.2, 0) is 9.84 Å². The normalized spacial score (nSPS) is 21.3. The second-order valence-corrected chi connectivity index (χ2v) is 7.70. The van der Waals surface area contributed by atoms with E-state index in [4.69, 9.17) is 11.1 Å². The zero-order chi connectivity index (χ0) is 13.1. The first kappa shape index (κ1) is 14.4. The Morgan fingerprint density at radius 1 is 1.35 bits per heavy atom. The van der Waals surface area contributed by atoms with Crippen LogP contribution in [0.2, 0.25) is 0 Å². The molecular weight excluding hydrogens is 238 g/mol. The molecule has 1 heterocycles. The van der Waals surface area contributed by atoms with Crippen LogP contribution in [-0.4, -0.2) is 50.3 Å². The molecule has 0 saturated carbocycles. The monoisotopic (exact) mass is 261 g/mol. The number of rotatable bonds is 5. The van der Waals surface area contributed by atoms with Crippen LogP contribution in [0.25, 0.3) is 0 Å². The van der Waals surface area contributed by atoms with Gasteiger partial charge in [-0.1, -0.05) is 13.8 Å². The van der Waals surface area contributed by atoms with Crippen molar-refractivity contribution in [1.29, 1.82) is 5.41 Å². The summed E-state index contributed by atoms with van der Waals surface area (Å²) in [6, 6.07) is 0. The lowest BCUT2D eigenvalue weighted by Gasteiger charge is -2.28. The first-order valence-corrected chi connectivity index (χ1v) is 7.82. The van der Waals surface area contributed by atoms with Gasteiger partial charge in [0.25, 0.3) is 0 Å². The number of amidine groups is 1. The molecule has 0 amide bonds. The molecule has 1 rings (SSSR count). The van der Waals surface area contributed by atoms with Crippen LogP contribution in [0, 0.1) is 10.8 Å². The van der Waals surface area contributed by atoms with Gasteiger partial charge in [-0.3, -0.25) is 5.41 Å². The molecule has 17 heavy (non-hydrogen) atoms. The Hall–Kier alpha value is -0.620. The van der Waals surface area contributed by atoms with Crippen LogP contribution >= 0.6 is 0 Å². The maximum atomic E-state index is 11.2. The minimum Gasteiger partial charge on any atom is -0.387 e. The highest BCUT2D eigenvalue weighted by Crippen LogP contribution is 2.22. The summed E-state index contributed by atoms with van der Waals surface area (Å²) in [4.78, 5) is 2.18. The zero-order valence-corrected chi connectivity index (χ0v) is 11.5. The molecule has 0 aromatic rings. The third kappa shape index (κ3) is 4.63. The number of hydrogen-bond acceptors (Lipinski definition) is 4. The van der Waals surface area contributed by atoms with Crippen molar-refractivity contribution in [1.82, 2.24) is 4.90 Å². The molecule has 5 nitrogen and oxygen atoms in total. The van der Waals surface area contributed by atoms with Gasteiger partial charge in [0.15, 0.2) is 9.84 Å². The van der Waals surface area contributed by atoms with E-state index >= 15 is 0 Å². The number of nitrogens with two attached hydrogens (primary N) is 1. The third-order valence-electron chi connectivity index (χ3n) is 3.44. The Bertz CT molecular complexity index is 362. The van der Waals surface area contributed by atoms with E-state index in [0.717, 1.165) is 19.4 Å². The van der Waals surface area contributed by atoms with E-state index in [1.54, 1.807) is 0 Å². The fraction of sp³-hybridized carbons (Fsp3) is 0.909. The lowest BCUT2D eigenvalue weighted by Crippen LogP contribution is -2.41. The van der Waals surface area contributed by atoms with Crippen molar-refractivity contribution in [2.24, 2.45) is 11.1 Å². The Morgan fingerprint density at radius 2 is 1.88 bits per heavy atom. The van der Waals surface area contributed by atoms with Gasteiger partial charge in [0.2, 0.25) is 0 Å². The van der Waals surface area contributed by atoms with Crippen molar-refractivity contribution in [3.63, 3.8) is 0 Å². The van der Waals surface area contributed by atoms with Crippen molar-refractivity contribution in [2.75, 3.05) is 31.1 Å². The molecule has 0 aromatic carbocycles. The lowest BCUT2D eigenvalue weighted by molar-refractivity contribution is 0.276. The van der Waals surface area contributed by atoms with Crippen molar-refractivity contribution in [2.45, 2.75) is 26.7 Å². The molecule has 1 saturated heterocycles. The molecule has 0 aromatic heterocycles. The molecule has 6 heteroatoms. The van der Waals surface area contributed by atoms with Crippen LogP contribution in [0.3, 0.4) is 0 Å². The van der Waals surface area contributed by atoms with Gasteiger partial charge in [0.1, 0.15) is 0 Å². The topological polar surface area (TPSA) is 87.2 Å². The van der Waals surface area contributed by atoms with Gasteiger partial charge in [0, 0.05) is 18.5 Å². The van der Waals surface area contributed by atoms with Gasteiger partial charge in [0.05, 0.1) is 17.3 Å². The summed E-state index contributed by atoms with van der Waals surface area (Å²) in [6.07, 6.45) is 1.82. The molecule has 1 fully saturated rings. The number of hydrogen-bond donors (Lipinski definition) is 2. The third-order valence-corrected chi connectivity index (χ3v) is 5.05. The molecule has 0 atom stereocenters. The van der Waals surface area contributed by atoms with Crippen molar-refractivity contribution in [3.05, 3.63) is 0 Å². The van der Waals surface area contributed by atoms with E-state index in [-0.39, 0.29) is 22.8 Å². The fourth-order valence-electron chi connectivity index (χ4n) is 1.85. The SMILES string of the molecule is CC(C)(CCCN1CCS(=O)(=O)CC1)C(=N)N. The van der Waals surface area contributed by atoms with E-state index in [2.05, 4.69) is 4.90 Å². The quantitative estimate of drug-likeness (QED) is 0.556. The second kappa shape index (κ2) is 5.35. The molecular formula is C11H23N3O2S. The van der Waals surface area contributed by atoms with E-state index < -0.39 is 9.84 Å². The van der Waals surface area contributed by atoms with E-state index in [0.29, 0.717) is 13.1 Å². The molecule has 1 aliphatic rings. The predicted molar refractivity (Wildman–Crippen MR) is 70.0 cm³/mol. The summed E-state index contributed by atoms with van der Waals surface area (Å²) in [6.45, 7) is 6.11. The number of nitrogens with zero attached hydrogens (tertiary/aromatic N) is 1.